The van der Waals surface area contributed by atoms with Gasteiger partial charge in [-0.3, -0.25) is 9.69 Å². The number of aryl methyl sites for hydroxylation is 1. The minimum absolute atomic E-state index is 0.0899. The van der Waals surface area contributed by atoms with Gasteiger partial charge in [-0.15, -0.1) is 11.3 Å². The molecule has 2 aromatic heterocycles. The molecule has 1 amide bonds. The maximum atomic E-state index is 12.9. The van der Waals surface area contributed by atoms with Gasteiger partial charge in [-0.1, -0.05) is 0 Å². The van der Waals surface area contributed by atoms with E-state index >= 15 is 0 Å². The summed E-state index contributed by atoms with van der Waals surface area (Å²) in [5.41, 5.74) is 0.608. The molecule has 0 saturated carbocycles. The lowest BCUT2D eigenvalue weighted by molar-refractivity contribution is -0.117. The van der Waals surface area contributed by atoms with Crippen molar-refractivity contribution in [2.45, 2.75) is 6.92 Å². The van der Waals surface area contributed by atoms with Crippen molar-refractivity contribution in [2.75, 3.05) is 42.9 Å². The van der Waals surface area contributed by atoms with Crippen LogP contribution in [0.25, 0.3) is 10.2 Å². The van der Waals surface area contributed by atoms with Crippen molar-refractivity contribution in [3.05, 3.63) is 47.4 Å². The smallest absolute Gasteiger partial charge is 0.238 e. The fourth-order valence-corrected chi connectivity index (χ4v) is 4.11. The number of halogens is 1. The van der Waals surface area contributed by atoms with Crippen molar-refractivity contribution in [3.63, 3.8) is 0 Å². The fourth-order valence-electron chi connectivity index (χ4n) is 3.27. The molecular formula is C19H20FN5OS. The lowest BCUT2D eigenvalue weighted by Crippen LogP contribution is -2.49. The van der Waals surface area contributed by atoms with Gasteiger partial charge in [0.15, 0.2) is 0 Å². The topological polar surface area (TPSA) is 61.4 Å². The molecule has 0 bridgehead atoms. The third kappa shape index (κ3) is 4.06. The molecule has 1 N–H and O–H groups in total. The van der Waals surface area contributed by atoms with Crippen molar-refractivity contribution in [3.8, 4) is 0 Å². The number of piperazine rings is 1. The Bertz CT molecular complexity index is 950. The minimum Gasteiger partial charge on any atom is -0.353 e. The average molecular weight is 385 g/mol. The average Bonchev–Trinajstić information content (AvgIpc) is 3.04. The van der Waals surface area contributed by atoms with Gasteiger partial charge < -0.3 is 10.2 Å². The van der Waals surface area contributed by atoms with Crippen LogP contribution in [0.5, 0.6) is 0 Å². The zero-order chi connectivity index (χ0) is 18.8. The number of carbonyl (C=O) groups is 1. The number of fused-ring (bicyclic) bond motifs is 1. The van der Waals surface area contributed by atoms with Gasteiger partial charge in [0, 0.05) is 36.7 Å². The summed E-state index contributed by atoms with van der Waals surface area (Å²) in [7, 11) is 0. The van der Waals surface area contributed by atoms with E-state index in [-0.39, 0.29) is 11.7 Å². The Morgan fingerprint density at radius 3 is 2.67 bits per heavy atom. The molecule has 1 fully saturated rings. The molecule has 4 rings (SSSR count). The maximum absolute atomic E-state index is 12.9. The third-order valence-electron chi connectivity index (χ3n) is 4.60. The molecular weight excluding hydrogens is 365 g/mol. The standard InChI is InChI=1S/C19H20FN5OS/c1-13-10-16-18(21-12-22-19(16)27-13)25-8-6-24(7-9-25)11-17(26)23-15-4-2-14(20)3-5-15/h2-5,10,12H,6-9,11H2,1H3,(H,23,26). The predicted octanol–water partition coefficient (Wildman–Crippen LogP) is 2.90. The van der Waals surface area contributed by atoms with E-state index in [0.29, 0.717) is 12.2 Å². The molecule has 0 atom stereocenters. The molecule has 0 spiro atoms. The fraction of sp³-hybridized carbons (Fsp3) is 0.316. The van der Waals surface area contributed by atoms with Crippen molar-refractivity contribution in [2.24, 2.45) is 0 Å². The summed E-state index contributed by atoms with van der Waals surface area (Å²) in [6, 6.07) is 7.94. The number of benzene rings is 1. The Balaban J connectivity index is 1.34. The van der Waals surface area contributed by atoms with Crippen LogP contribution >= 0.6 is 11.3 Å². The molecule has 8 heteroatoms. The summed E-state index contributed by atoms with van der Waals surface area (Å²) >= 11 is 1.68. The van der Waals surface area contributed by atoms with Gasteiger partial charge in [-0.2, -0.15) is 0 Å². The van der Waals surface area contributed by atoms with E-state index in [2.05, 4.69) is 38.1 Å². The van der Waals surface area contributed by atoms with Crippen LogP contribution in [0, 0.1) is 12.7 Å². The quantitative estimate of drug-likeness (QED) is 0.748. The first-order chi connectivity index (χ1) is 13.1. The van der Waals surface area contributed by atoms with Crippen molar-refractivity contribution < 1.29 is 9.18 Å². The van der Waals surface area contributed by atoms with Crippen LogP contribution in [0.3, 0.4) is 0 Å². The second-order valence-electron chi connectivity index (χ2n) is 6.59. The van der Waals surface area contributed by atoms with Gasteiger partial charge in [0.1, 0.15) is 22.8 Å². The molecule has 1 aliphatic rings. The Morgan fingerprint density at radius 2 is 1.93 bits per heavy atom. The first kappa shape index (κ1) is 17.8. The molecule has 0 aliphatic carbocycles. The van der Waals surface area contributed by atoms with E-state index < -0.39 is 0 Å². The highest BCUT2D eigenvalue weighted by molar-refractivity contribution is 7.18. The van der Waals surface area contributed by atoms with E-state index in [1.165, 1.54) is 17.0 Å². The molecule has 3 aromatic rings. The molecule has 0 unspecified atom stereocenters. The molecule has 6 nitrogen and oxygen atoms in total. The summed E-state index contributed by atoms with van der Waals surface area (Å²) < 4.78 is 12.9. The Hall–Kier alpha value is -2.58. The van der Waals surface area contributed by atoms with E-state index in [4.69, 9.17) is 0 Å². The molecule has 1 saturated heterocycles. The first-order valence-electron chi connectivity index (χ1n) is 8.82. The number of carbonyl (C=O) groups excluding carboxylic acids is 1. The molecule has 140 valence electrons. The van der Waals surface area contributed by atoms with Gasteiger partial charge in [-0.05, 0) is 37.3 Å². The summed E-state index contributed by atoms with van der Waals surface area (Å²) in [4.78, 5) is 27.7. The Labute approximate surface area is 160 Å². The highest BCUT2D eigenvalue weighted by Gasteiger charge is 2.22. The number of nitrogens with zero attached hydrogens (tertiary/aromatic N) is 4. The molecule has 1 aromatic carbocycles. The van der Waals surface area contributed by atoms with Crippen LogP contribution in [-0.2, 0) is 4.79 Å². The van der Waals surface area contributed by atoms with Gasteiger partial charge in [0.2, 0.25) is 5.91 Å². The van der Waals surface area contributed by atoms with Gasteiger partial charge in [0.25, 0.3) is 0 Å². The first-order valence-corrected chi connectivity index (χ1v) is 9.64. The Kier molecular flexibility index (Phi) is 5.00. The number of aromatic nitrogens is 2. The second-order valence-corrected chi connectivity index (χ2v) is 7.83. The molecule has 3 heterocycles. The van der Waals surface area contributed by atoms with Crippen LogP contribution in [-0.4, -0.2) is 53.5 Å². The monoisotopic (exact) mass is 385 g/mol. The van der Waals surface area contributed by atoms with Crippen molar-refractivity contribution in [1.82, 2.24) is 14.9 Å². The summed E-state index contributed by atoms with van der Waals surface area (Å²) in [5.74, 6) is 0.566. The molecule has 1 aliphatic heterocycles. The van der Waals surface area contributed by atoms with E-state index in [1.807, 2.05) is 0 Å². The summed E-state index contributed by atoms with van der Waals surface area (Å²) in [6.07, 6.45) is 1.62. The number of nitrogens with one attached hydrogen (secondary N) is 1. The van der Waals surface area contributed by atoms with E-state index in [1.54, 1.807) is 29.8 Å². The van der Waals surface area contributed by atoms with Crippen LogP contribution in [0.2, 0.25) is 0 Å². The van der Waals surface area contributed by atoms with Gasteiger partial charge >= 0.3 is 0 Å². The van der Waals surface area contributed by atoms with E-state index in [9.17, 15) is 9.18 Å². The Morgan fingerprint density at radius 1 is 1.19 bits per heavy atom. The number of anilines is 2. The number of thiophene rings is 1. The van der Waals surface area contributed by atoms with Gasteiger partial charge in [-0.25, -0.2) is 14.4 Å². The van der Waals surface area contributed by atoms with Gasteiger partial charge in [0.05, 0.1) is 11.9 Å². The SMILES string of the molecule is Cc1cc2c(N3CCN(CC(=O)Nc4ccc(F)cc4)CC3)ncnc2s1. The number of hydrogen-bond donors (Lipinski definition) is 1. The largest absolute Gasteiger partial charge is 0.353 e. The summed E-state index contributed by atoms with van der Waals surface area (Å²) in [5, 5.41) is 3.91. The number of amides is 1. The highest BCUT2D eigenvalue weighted by Crippen LogP contribution is 2.30. The normalized spacial score (nSPS) is 15.3. The van der Waals surface area contributed by atoms with E-state index in [0.717, 1.165) is 42.2 Å². The molecule has 0 radical (unpaired) electrons. The molecule has 27 heavy (non-hydrogen) atoms. The van der Waals surface area contributed by atoms with Crippen LogP contribution in [0.1, 0.15) is 4.88 Å². The third-order valence-corrected chi connectivity index (χ3v) is 5.56. The highest BCUT2D eigenvalue weighted by atomic mass is 32.1. The zero-order valence-electron chi connectivity index (χ0n) is 15.0. The maximum Gasteiger partial charge on any atom is 0.238 e. The lowest BCUT2D eigenvalue weighted by atomic mass is 10.2. The van der Waals surface area contributed by atoms with Crippen molar-refractivity contribution >= 4 is 39.0 Å². The lowest BCUT2D eigenvalue weighted by Gasteiger charge is -2.35. The predicted molar refractivity (Wildman–Crippen MR) is 106 cm³/mol. The number of hydrogen-bond acceptors (Lipinski definition) is 6. The van der Waals surface area contributed by atoms with Crippen LogP contribution < -0.4 is 10.2 Å². The second kappa shape index (κ2) is 7.58. The van der Waals surface area contributed by atoms with Crippen LogP contribution in [0.15, 0.2) is 36.7 Å². The number of rotatable bonds is 4. The van der Waals surface area contributed by atoms with Crippen LogP contribution in [0.4, 0.5) is 15.9 Å². The summed E-state index contributed by atoms with van der Waals surface area (Å²) in [6.45, 7) is 5.59. The zero-order valence-corrected chi connectivity index (χ0v) is 15.8. The minimum atomic E-state index is -0.316. The van der Waals surface area contributed by atoms with Crippen molar-refractivity contribution in [1.29, 1.82) is 0 Å².